The van der Waals surface area contributed by atoms with Gasteiger partial charge in [0.1, 0.15) is 0 Å². The third-order valence-corrected chi connectivity index (χ3v) is 5.85. The van der Waals surface area contributed by atoms with Crippen molar-refractivity contribution in [2.75, 3.05) is 6.54 Å². The first-order valence-electron chi connectivity index (χ1n) is 10.9. The monoisotopic (exact) mass is 406 g/mol. The maximum Gasteiger partial charge on any atom is 0.251 e. The number of hydrogen-bond acceptors (Lipinski definition) is 2. The minimum Gasteiger partial charge on any atom is -0.345 e. The largest absolute Gasteiger partial charge is 0.345 e. The number of benzene rings is 2. The summed E-state index contributed by atoms with van der Waals surface area (Å²) in [6.45, 7) is 12.3. The van der Waals surface area contributed by atoms with E-state index in [4.69, 9.17) is 0 Å². The zero-order chi connectivity index (χ0) is 21.9. The molecule has 0 aromatic heterocycles. The van der Waals surface area contributed by atoms with Crippen LogP contribution >= 0.6 is 0 Å². The highest BCUT2D eigenvalue weighted by Gasteiger charge is 2.22. The van der Waals surface area contributed by atoms with Crippen LogP contribution in [0, 0.1) is 5.92 Å². The molecule has 0 saturated carbocycles. The Kier molecular flexibility index (Phi) is 6.64. The van der Waals surface area contributed by atoms with Crippen molar-refractivity contribution in [1.82, 2.24) is 10.2 Å². The van der Waals surface area contributed by atoms with Gasteiger partial charge in [0, 0.05) is 25.1 Å². The summed E-state index contributed by atoms with van der Waals surface area (Å²) in [6, 6.07) is 16.1. The van der Waals surface area contributed by atoms with Crippen molar-refractivity contribution in [3.63, 3.8) is 0 Å². The minimum atomic E-state index is -0.0719. The Morgan fingerprint density at radius 3 is 2.17 bits per heavy atom. The molecule has 4 heteroatoms. The van der Waals surface area contributed by atoms with Gasteiger partial charge in [-0.2, -0.15) is 0 Å². The molecule has 1 saturated heterocycles. The number of likely N-dealkylation sites (tertiary alicyclic amines) is 1. The molecule has 4 nitrogen and oxygen atoms in total. The Labute approximate surface area is 180 Å². The van der Waals surface area contributed by atoms with Crippen LogP contribution < -0.4 is 5.32 Å². The van der Waals surface area contributed by atoms with Gasteiger partial charge in [0.05, 0.1) is 6.04 Å². The van der Waals surface area contributed by atoms with Gasteiger partial charge in [0.2, 0.25) is 5.91 Å². The van der Waals surface area contributed by atoms with E-state index in [0.29, 0.717) is 18.5 Å². The van der Waals surface area contributed by atoms with Crippen molar-refractivity contribution in [1.29, 1.82) is 0 Å². The number of hydrogen-bond donors (Lipinski definition) is 1. The Balaban J connectivity index is 1.68. The molecule has 1 unspecified atom stereocenters. The third kappa shape index (κ3) is 5.29. The third-order valence-electron chi connectivity index (χ3n) is 5.85. The molecule has 30 heavy (non-hydrogen) atoms. The van der Waals surface area contributed by atoms with Gasteiger partial charge in [-0.3, -0.25) is 9.59 Å². The van der Waals surface area contributed by atoms with Gasteiger partial charge in [0.15, 0.2) is 0 Å². The van der Waals surface area contributed by atoms with Crippen molar-refractivity contribution in [3.8, 4) is 0 Å². The lowest BCUT2D eigenvalue weighted by Gasteiger charge is -2.25. The molecule has 0 spiro atoms. The fourth-order valence-electron chi connectivity index (χ4n) is 3.90. The van der Waals surface area contributed by atoms with Crippen LogP contribution in [-0.2, 0) is 16.8 Å². The van der Waals surface area contributed by atoms with Gasteiger partial charge in [-0.05, 0) is 46.6 Å². The maximum atomic E-state index is 12.9. The van der Waals surface area contributed by atoms with Gasteiger partial charge in [0.25, 0.3) is 5.91 Å². The first-order chi connectivity index (χ1) is 14.1. The normalized spacial score (nSPS) is 15.5. The van der Waals surface area contributed by atoms with Crippen molar-refractivity contribution >= 4 is 11.8 Å². The standard InChI is InChI=1S/C26H34N2O2/c1-18(2)24(20-12-14-22(15-13-20)26(3,4)5)27-25(30)21-10-8-19(9-11-21)17-28-16-6-7-23(28)29/h8-15,18,24H,6-7,16-17H2,1-5H3,(H,27,30). The fraction of sp³-hybridized carbons (Fsp3) is 0.462. The Morgan fingerprint density at radius 1 is 1.03 bits per heavy atom. The fourth-order valence-corrected chi connectivity index (χ4v) is 3.90. The summed E-state index contributed by atoms with van der Waals surface area (Å²) in [6.07, 6.45) is 1.58. The Morgan fingerprint density at radius 2 is 1.67 bits per heavy atom. The average Bonchev–Trinajstić information content (AvgIpc) is 3.10. The van der Waals surface area contributed by atoms with Crippen LogP contribution in [0.25, 0.3) is 0 Å². The average molecular weight is 407 g/mol. The summed E-state index contributed by atoms with van der Waals surface area (Å²) < 4.78 is 0. The molecule has 3 rings (SSSR count). The van der Waals surface area contributed by atoms with Crippen molar-refractivity contribution in [2.24, 2.45) is 5.92 Å². The van der Waals surface area contributed by atoms with Crippen LogP contribution in [0.4, 0.5) is 0 Å². The molecule has 1 aliphatic rings. The molecule has 1 heterocycles. The second-order valence-electron chi connectivity index (χ2n) is 9.68. The molecular formula is C26H34N2O2. The predicted molar refractivity (Wildman–Crippen MR) is 121 cm³/mol. The lowest BCUT2D eigenvalue weighted by molar-refractivity contribution is -0.128. The quantitative estimate of drug-likeness (QED) is 0.714. The van der Waals surface area contributed by atoms with Crippen LogP contribution in [0.1, 0.15) is 80.6 Å². The predicted octanol–water partition coefficient (Wildman–Crippen LogP) is 5.23. The second kappa shape index (κ2) is 9.03. The van der Waals surface area contributed by atoms with Gasteiger partial charge in [-0.15, -0.1) is 0 Å². The first-order valence-corrected chi connectivity index (χ1v) is 10.9. The van der Waals surface area contributed by atoms with E-state index in [1.807, 2.05) is 29.2 Å². The summed E-state index contributed by atoms with van der Waals surface area (Å²) in [5.41, 5.74) is 4.21. The molecule has 2 amide bonds. The maximum absolute atomic E-state index is 12.9. The van der Waals surface area contributed by atoms with E-state index in [1.165, 1.54) is 5.56 Å². The first kappa shape index (κ1) is 22.1. The van der Waals surface area contributed by atoms with E-state index >= 15 is 0 Å². The van der Waals surface area contributed by atoms with Crippen molar-refractivity contribution < 1.29 is 9.59 Å². The second-order valence-corrected chi connectivity index (χ2v) is 9.68. The van der Waals surface area contributed by atoms with E-state index < -0.39 is 0 Å². The number of amides is 2. The van der Waals surface area contributed by atoms with Crippen LogP contribution in [-0.4, -0.2) is 23.3 Å². The van der Waals surface area contributed by atoms with Crippen LogP contribution in [0.2, 0.25) is 0 Å². The highest BCUT2D eigenvalue weighted by molar-refractivity contribution is 5.94. The van der Waals surface area contributed by atoms with Gasteiger partial charge < -0.3 is 10.2 Å². The molecule has 160 valence electrons. The highest BCUT2D eigenvalue weighted by atomic mass is 16.2. The Bertz CT molecular complexity index is 877. The van der Waals surface area contributed by atoms with Gasteiger partial charge in [-0.1, -0.05) is 71.0 Å². The molecule has 2 aromatic rings. The number of nitrogens with one attached hydrogen (secondary N) is 1. The van der Waals surface area contributed by atoms with Crippen LogP contribution in [0.5, 0.6) is 0 Å². The zero-order valence-electron chi connectivity index (χ0n) is 18.9. The molecule has 0 radical (unpaired) electrons. The molecule has 0 bridgehead atoms. The summed E-state index contributed by atoms with van der Waals surface area (Å²) in [5.74, 6) is 0.418. The number of carbonyl (C=O) groups is 2. The smallest absolute Gasteiger partial charge is 0.251 e. The van der Waals surface area contributed by atoms with Gasteiger partial charge in [-0.25, -0.2) is 0 Å². The molecule has 2 aromatic carbocycles. The molecule has 1 atom stereocenters. The van der Waals surface area contributed by atoms with E-state index in [0.717, 1.165) is 24.1 Å². The molecule has 0 aliphatic carbocycles. The minimum absolute atomic E-state index is 0.0478. The lowest BCUT2D eigenvalue weighted by Crippen LogP contribution is -2.31. The molecule has 1 fully saturated rings. The number of nitrogens with zero attached hydrogens (tertiary/aromatic N) is 1. The Hall–Kier alpha value is -2.62. The SMILES string of the molecule is CC(C)C(NC(=O)c1ccc(CN2CCCC2=O)cc1)c1ccc(C(C)(C)C)cc1. The molecule has 1 aliphatic heterocycles. The van der Waals surface area contributed by atoms with E-state index in [9.17, 15) is 9.59 Å². The number of rotatable bonds is 6. The number of carbonyl (C=O) groups excluding carboxylic acids is 2. The van der Waals surface area contributed by atoms with Crippen LogP contribution in [0.15, 0.2) is 48.5 Å². The summed E-state index contributed by atoms with van der Waals surface area (Å²) in [4.78, 5) is 26.6. The molecule has 1 N–H and O–H groups in total. The topological polar surface area (TPSA) is 49.4 Å². The molecular weight excluding hydrogens is 372 g/mol. The van der Waals surface area contributed by atoms with E-state index in [2.05, 4.69) is 64.2 Å². The zero-order valence-corrected chi connectivity index (χ0v) is 18.9. The lowest BCUT2D eigenvalue weighted by atomic mass is 9.85. The summed E-state index contributed by atoms with van der Waals surface area (Å²) in [5, 5.41) is 3.20. The van der Waals surface area contributed by atoms with Gasteiger partial charge >= 0.3 is 0 Å². The van der Waals surface area contributed by atoms with E-state index in [1.54, 1.807) is 0 Å². The van der Waals surface area contributed by atoms with Crippen LogP contribution in [0.3, 0.4) is 0 Å². The van der Waals surface area contributed by atoms with E-state index in [-0.39, 0.29) is 29.2 Å². The summed E-state index contributed by atoms with van der Waals surface area (Å²) in [7, 11) is 0. The van der Waals surface area contributed by atoms with Crippen molar-refractivity contribution in [3.05, 3.63) is 70.8 Å². The van der Waals surface area contributed by atoms with Crippen molar-refractivity contribution in [2.45, 2.75) is 65.5 Å². The highest BCUT2D eigenvalue weighted by Crippen LogP contribution is 2.27. The summed E-state index contributed by atoms with van der Waals surface area (Å²) >= 11 is 0.